The van der Waals surface area contributed by atoms with E-state index in [4.69, 9.17) is 0 Å². The van der Waals surface area contributed by atoms with Crippen molar-refractivity contribution in [3.8, 4) is 0 Å². The molecule has 1 aliphatic carbocycles. The Balaban J connectivity index is 1.61. The largest absolute Gasteiger partial charge is 0.358 e. The maximum Gasteiger partial charge on any atom is 0.292 e. The van der Waals surface area contributed by atoms with Gasteiger partial charge in [-0.15, -0.1) is 0 Å². The van der Waals surface area contributed by atoms with E-state index in [2.05, 4.69) is 10.3 Å². The van der Waals surface area contributed by atoms with Crippen LogP contribution in [0, 0.1) is 12.8 Å². The molecule has 1 amide bonds. The molecule has 0 unspecified atom stereocenters. The Kier molecular flexibility index (Phi) is 3.88. The first-order valence-corrected chi connectivity index (χ1v) is 8.62. The van der Waals surface area contributed by atoms with Crippen molar-refractivity contribution >= 4 is 22.6 Å². The molecule has 1 aliphatic rings. The summed E-state index contributed by atoms with van der Waals surface area (Å²) < 4.78 is 0. The standard InChI is InChI=1S/C21H20N2O2/c1-13-18(16-9-5-6-10-17(16)22-13)20(24)21(25)23-19(15-11-12-15)14-7-3-2-4-8-14/h2-10,15,19,22H,11-12H2,1H3,(H,23,25)/t19-/m0/s1. The predicted octanol–water partition coefficient (Wildman–Crippen LogP) is 3.93. The number of ketones is 1. The van der Waals surface area contributed by atoms with E-state index < -0.39 is 11.7 Å². The fourth-order valence-corrected chi connectivity index (χ4v) is 3.45. The van der Waals surface area contributed by atoms with Crippen LogP contribution >= 0.6 is 0 Å². The highest BCUT2D eigenvalue weighted by Crippen LogP contribution is 2.41. The molecule has 126 valence electrons. The average molecular weight is 332 g/mol. The van der Waals surface area contributed by atoms with Gasteiger partial charge in [-0.1, -0.05) is 48.5 Å². The first kappa shape index (κ1) is 15.6. The van der Waals surface area contributed by atoms with Crippen LogP contribution in [0.5, 0.6) is 0 Å². The molecular formula is C21H20N2O2. The number of para-hydroxylation sites is 1. The zero-order valence-corrected chi connectivity index (χ0v) is 14.1. The third kappa shape index (κ3) is 2.95. The highest BCUT2D eigenvalue weighted by Gasteiger charge is 2.35. The molecule has 1 heterocycles. The van der Waals surface area contributed by atoms with Crippen LogP contribution in [-0.4, -0.2) is 16.7 Å². The van der Waals surface area contributed by atoms with Gasteiger partial charge in [-0.05, 0) is 37.3 Å². The molecule has 0 aliphatic heterocycles. The number of aromatic nitrogens is 1. The van der Waals surface area contributed by atoms with Crippen molar-refractivity contribution in [2.45, 2.75) is 25.8 Å². The van der Waals surface area contributed by atoms with Crippen LogP contribution in [-0.2, 0) is 4.79 Å². The number of amides is 1. The number of benzene rings is 2. The van der Waals surface area contributed by atoms with Crippen LogP contribution in [0.4, 0.5) is 0 Å². The van der Waals surface area contributed by atoms with Gasteiger partial charge in [0.15, 0.2) is 0 Å². The van der Waals surface area contributed by atoms with Crippen molar-refractivity contribution in [1.29, 1.82) is 0 Å². The van der Waals surface area contributed by atoms with Crippen LogP contribution in [0.3, 0.4) is 0 Å². The quantitative estimate of drug-likeness (QED) is 0.549. The molecule has 4 heteroatoms. The number of aromatic amines is 1. The number of nitrogens with one attached hydrogen (secondary N) is 2. The Morgan fingerprint density at radius 2 is 1.72 bits per heavy atom. The fourth-order valence-electron chi connectivity index (χ4n) is 3.45. The van der Waals surface area contributed by atoms with Crippen molar-refractivity contribution in [3.63, 3.8) is 0 Å². The van der Waals surface area contributed by atoms with Gasteiger partial charge in [-0.3, -0.25) is 9.59 Å². The summed E-state index contributed by atoms with van der Waals surface area (Å²) in [5, 5.41) is 3.77. The molecule has 0 saturated heterocycles. The average Bonchev–Trinajstić information content (AvgIpc) is 3.41. The summed E-state index contributed by atoms with van der Waals surface area (Å²) in [7, 11) is 0. The normalized spacial score (nSPS) is 15.1. The highest BCUT2D eigenvalue weighted by molar-refractivity contribution is 6.45. The highest BCUT2D eigenvalue weighted by atomic mass is 16.2. The molecule has 25 heavy (non-hydrogen) atoms. The summed E-state index contributed by atoms with van der Waals surface area (Å²) in [6.45, 7) is 1.83. The third-order valence-corrected chi connectivity index (χ3v) is 4.87. The lowest BCUT2D eigenvalue weighted by Crippen LogP contribution is -2.35. The Morgan fingerprint density at radius 1 is 1.04 bits per heavy atom. The predicted molar refractivity (Wildman–Crippen MR) is 97.4 cm³/mol. The number of hydrogen-bond donors (Lipinski definition) is 2. The molecule has 0 spiro atoms. The van der Waals surface area contributed by atoms with E-state index in [1.807, 2.05) is 61.5 Å². The first-order valence-electron chi connectivity index (χ1n) is 8.62. The summed E-state index contributed by atoms with van der Waals surface area (Å²) in [6, 6.07) is 17.4. The molecule has 1 atom stereocenters. The number of carbonyl (C=O) groups excluding carboxylic acids is 2. The second kappa shape index (κ2) is 6.20. The van der Waals surface area contributed by atoms with Crippen LogP contribution in [0.1, 0.15) is 40.5 Å². The number of carbonyl (C=O) groups is 2. The van der Waals surface area contributed by atoms with Gasteiger partial charge in [0.25, 0.3) is 11.7 Å². The summed E-state index contributed by atoms with van der Waals surface area (Å²) in [5.74, 6) is -0.589. The molecular weight excluding hydrogens is 312 g/mol. The molecule has 1 aromatic heterocycles. The molecule has 0 radical (unpaired) electrons. The topological polar surface area (TPSA) is 62.0 Å². The van der Waals surface area contributed by atoms with Gasteiger partial charge >= 0.3 is 0 Å². The minimum atomic E-state index is -0.534. The second-order valence-electron chi connectivity index (χ2n) is 6.70. The van der Waals surface area contributed by atoms with Gasteiger partial charge < -0.3 is 10.3 Å². The summed E-state index contributed by atoms with van der Waals surface area (Å²) in [6.07, 6.45) is 2.17. The van der Waals surface area contributed by atoms with E-state index in [9.17, 15) is 9.59 Å². The van der Waals surface area contributed by atoms with Crippen molar-refractivity contribution in [2.75, 3.05) is 0 Å². The molecule has 3 aromatic rings. The molecule has 2 aromatic carbocycles. The number of fused-ring (bicyclic) bond motifs is 1. The first-order chi connectivity index (χ1) is 12.1. The zero-order chi connectivity index (χ0) is 17.4. The van der Waals surface area contributed by atoms with E-state index in [1.54, 1.807) is 0 Å². The summed E-state index contributed by atoms with van der Waals surface area (Å²) >= 11 is 0. The third-order valence-electron chi connectivity index (χ3n) is 4.87. The van der Waals surface area contributed by atoms with Crippen molar-refractivity contribution in [1.82, 2.24) is 10.3 Å². The lowest BCUT2D eigenvalue weighted by atomic mass is 10.0. The Bertz CT molecular complexity index is 939. The minimum absolute atomic E-state index is 0.0943. The van der Waals surface area contributed by atoms with Gasteiger partial charge in [0, 0.05) is 16.6 Å². The Labute approximate surface area is 146 Å². The van der Waals surface area contributed by atoms with Crippen LogP contribution in [0.25, 0.3) is 10.9 Å². The number of Topliss-reactive ketones (excluding diaryl/α,β-unsaturated/α-hetero) is 1. The molecule has 0 bridgehead atoms. The maximum absolute atomic E-state index is 12.8. The van der Waals surface area contributed by atoms with Crippen molar-refractivity contribution in [3.05, 3.63) is 71.4 Å². The van der Waals surface area contributed by atoms with Gasteiger partial charge in [-0.25, -0.2) is 0 Å². The molecule has 1 saturated carbocycles. The van der Waals surface area contributed by atoms with E-state index in [0.717, 1.165) is 35.0 Å². The molecule has 4 rings (SSSR count). The van der Waals surface area contributed by atoms with Gasteiger partial charge in [0.1, 0.15) is 0 Å². The monoisotopic (exact) mass is 332 g/mol. The Hall–Kier alpha value is -2.88. The van der Waals surface area contributed by atoms with Crippen LogP contribution in [0.2, 0.25) is 0 Å². The number of rotatable bonds is 5. The van der Waals surface area contributed by atoms with Gasteiger partial charge in [0.2, 0.25) is 0 Å². The van der Waals surface area contributed by atoms with Crippen LogP contribution in [0.15, 0.2) is 54.6 Å². The number of H-pyrrole nitrogens is 1. The van der Waals surface area contributed by atoms with E-state index in [-0.39, 0.29) is 6.04 Å². The lowest BCUT2D eigenvalue weighted by Gasteiger charge is -2.18. The minimum Gasteiger partial charge on any atom is -0.358 e. The zero-order valence-electron chi connectivity index (χ0n) is 14.1. The Morgan fingerprint density at radius 3 is 2.44 bits per heavy atom. The molecule has 2 N–H and O–H groups in total. The van der Waals surface area contributed by atoms with E-state index in [0.29, 0.717) is 11.5 Å². The van der Waals surface area contributed by atoms with Gasteiger partial charge in [-0.2, -0.15) is 0 Å². The smallest absolute Gasteiger partial charge is 0.292 e. The maximum atomic E-state index is 12.8. The molecule has 1 fully saturated rings. The summed E-state index contributed by atoms with van der Waals surface area (Å²) in [5.41, 5.74) is 3.12. The van der Waals surface area contributed by atoms with Crippen molar-refractivity contribution in [2.24, 2.45) is 5.92 Å². The fraction of sp³-hybridized carbons (Fsp3) is 0.238. The van der Waals surface area contributed by atoms with Crippen LogP contribution < -0.4 is 5.32 Å². The lowest BCUT2D eigenvalue weighted by molar-refractivity contribution is -0.117. The SMILES string of the molecule is Cc1[nH]c2ccccc2c1C(=O)C(=O)N[C@@H](c1ccccc1)C1CC1. The van der Waals surface area contributed by atoms with Crippen molar-refractivity contribution < 1.29 is 9.59 Å². The van der Waals surface area contributed by atoms with E-state index in [1.165, 1.54) is 0 Å². The second-order valence-corrected chi connectivity index (χ2v) is 6.70. The van der Waals surface area contributed by atoms with E-state index >= 15 is 0 Å². The summed E-state index contributed by atoms with van der Waals surface area (Å²) in [4.78, 5) is 28.7. The van der Waals surface area contributed by atoms with Gasteiger partial charge in [0.05, 0.1) is 11.6 Å². The number of aryl methyl sites for hydroxylation is 1. The number of hydrogen-bond acceptors (Lipinski definition) is 2. The molecule has 4 nitrogen and oxygen atoms in total.